The Morgan fingerprint density at radius 1 is 0.966 bits per heavy atom. The quantitative estimate of drug-likeness (QED) is 0.587. The van der Waals surface area contributed by atoms with Crippen molar-refractivity contribution in [3.63, 3.8) is 0 Å². The van der Waals surface area contributed by atoms with Crippen LogP contribution >= 0.6 is 11.3 Å². The SMILES string of the molecule is COc1ccc([C@@H]2CC(=O)C3=C(C2)Nc2ccccc2N[C@@H]3c2cccs2)cc1. The molecule has 2 aromatic carbocycles. The van der Waals surface area contributed by atoms with E-state index in [2.05, 4.69) is 46.3 Å². The second kappa shape index (κ2) is 7.41. The van der Waals surface area contributed by atoms with E-state index in [1.807, 2.05) is 30.3 Å². The minimum Gasteiger partial charge on any atom is -0.497 e. The molecule has 1 aromatic heterocycles. The van der Waals surface area contributed by atoms with Crippen molar-refractivity contribution in [2.75, 3.05) is 17.7 Å². The number of hydrogen-bond acceptors (Lipinski definition) is 5. The minimum atomic E-state index is -0.120. The Morgan fingerprint density at radius 2 is 1.76 bits per heavy atom. The van der Waals surface area contributed by atoms with Crippen molar-refractivity contribution in [1.29, 1.82) is 0 Å². The van der Waals surface area contributed by atoms with Gasteiger partial charge in [0.25, 0.3) is 0 Å². The molecule has 0 saturated carbocycles. The van der Waals surface area contributed by atoms with E-state index in [4.69, 9.17) is 4.74 Å². The average Bonchev–Trinajstić information content (AvgIpc) is 3.22. The molecule has 5 rings (SSSR count). The number of rotatable bonds is 3. The highest BCUT2D eigenvalue weighted by molar-refractivity contribution is 7.10. The largest absolute Gasteiger partial charge is 0.497 e. The van der Waals surface area contributed by atoms with Crippen LogP contribution in [-0.2, 0) is 4.79 Å². The first-order valence-electron chi connectivity index (χ1n) is 9.79. The fourth-order valence-electron chi connectivity index (χ4n) is 4.27. The van der Waals surface area contributed by atoms with Gasteiger partial charge in [0.1, 0.15) is 5.75 Å². The highest BCUT2D eigenvalue weighted by Crippen LogP contribution is 2.45. The fourth-order valence-corrected chi connectivity index (χ4v) is 5.06. The van der Waals surface area contributed by atoms with Gasteiger partial charge in [-0.3, -0.25) is 4.79 Å². The molecule has 0 fully saturated rings. The van der Waals surface area contributed by atoms with Gasteiger partial charge >= 0.3 is 0 Å². The molecule has 2 atom stereocenters. The molecule has 146 valence electrons. The summed E-state index contributed by atoms with van der Waals surface area (Å²) in [5, 5.41) is 9.26. The summed E-state index contributed by atoms with van der Waals surface area (Å²) < 4.78 is 5.28. The molecule has 1 aliphatic carbocycles. The molecule has 0 unspecified atom stereocenters. The maximum Gasteiger partial charge on any atom is 0.163 e. The summed E-state index contributed by atoms with van der Waals surface area (Å²) in [6.07, 6.45) is 1.33. The summed E-state index contributed by atoms with van der Waals surface area (Å²) in [7, 11) is 1.67. The van der Waals surface area contributed by atoms with Gasteiger partial charge in [-0.25, -0.2) is 0 Å². The van der Waals surface area contributed by atoms with Crippen LogP contribution in [0.25, 0.3) is 0 Å². The number of allylic oxidation sites excluding steroid dienone is 1. The number of para-hydroxylation sites is 2. The van der Waals surface area contributed by atoms with Gasteiger partial charge in [0.05, 0.1) is 24.5 Å². The Morgan fingerprint density at radius 3 is 2.48 bits per heavy atom. The van der Waals surface area contributed by atoms with Gasteiger partial charge in [-0.15, -0.1) is 11.3 Å². The molecule has 5 heteroatoms. The molecule has 0 radical (unpaired) electrons. The van der Waals surface area contributed by atoms with Crippen LogP contribution in [-0.4, -0.2) is 12.9 Å². The summed E-state index contributed by atoms with van der Waals surface area (Å²) in [6, 6.07) is 20.3. The number of Topliss-reactive ketones (excluding diaryl/α,β-unsaturated/α-hetero) is 1. The van der Waals surface area contributed by atoms with Crippen molar-refractivity contribution in [2.24, 2.45) is 0 Å². The number of benzene rings is 2. The highest BCUT2D eigenvalue weighted by Gasteiger charge is 2.36. The predicted molar refractivity (Wildman–Crippen MR) is 118 cm³/mol. The van der Waals surface area contributed by atoms with Crippen molar-refractivity contribution in [1.82, 2.24) is 0 Å². The van der Waals surface area contributed by atoms with Gasteiger partial charge in [0.15, 0.2) is 5.78 Å². The number of methoxy groups -OCH3 is 1. The third kappa shape index (κ3) is 3.32. The highest BCUT2D eigenvalue weighted by atomic mass is 32.1. The molecule has 0 amide bonds. The van der Waals surface area contributed by atoms with Gasteiger partial charge in [0, 0.05) is 22.6 Å². The van der Waals surface area contributed by atoms with Crippen LogP contribution in [0.4, 0.5) is 11.4 Å². The van der Waals surface area contributed by atoms with Gasteiger partial charge in [-0.2, -0.15) is 0 Å². The van der Waals surface area contributed by atoms with Gasteiger partial charge < -0.3 is 15.4 Å². The monoisotopic (exact) mass is 402 g/mol. The summed E-state index contributed by atoms with van der Waals surface area (Å²) in [6.45, 7) is 0. The third-order valence-corrected chi connectivity index (χ3v) is 6.66. The maximum atomic E-state index is 13.4. The third-order valence-electron chi connectivity index (χ3n) is 5.72. The number of carbonyl (C=O) groups excluding carboxylic acids is 1. The number of anilines is 2. The second-order valence-corrected chi connectivity index (χ2v) is 8.44. The molecule has 29 heavy (non-hydrogen) atoms. The lowest BCUT2D eigenvalue weighted by Crippen LogP contribution is -2.26. The van der Waals surface area contributed by atoms with E-state index in [-0.39, 0.29) is 17.7 Å². The van der Waals surface area contributed by atoms with Gasteiger partial charge in [-0.1, -0.05) is 30.3 Å². The molecule has 2 aliphatic rings. The van der Waals surface area contributed by atoms with Gasteiger partial charge in [-0.05, 0) is 53.6 Å². The molecule has 3 aromatic rings. The van der Waals surface area contributed by atoms with Crippen molar-refractivity contribution in [2.45, 2.75) is 24.8 Å². The molecule has 2 N–H and O–H groups in total. The fraction of sp³-hybridized carbons (Fsp3) is 0.208. The van der Waals surface area contributed by atoms with Crippen LogP contribution < -0.4 is 15.4 Å². The summed E-state index contributed by atoms with van der Waals surface area (Å²) in [5.41, 5.74) is 5.10. The molecule has 0 saturated heterocycles. The second-order valence-electron chi connectivity index (χ2n) is 7.46. The number of fused-ring (bicyclic) bond motifs is 1. The Labute approximate surface area is 174 Å². The smallest absolute Gasteiger partial charge is 0.163 e. The summed E-state index contributed by atoms with van der Waals surface area (Å²) in [5.74, 6) is 1.20. The van der Waals surface area contributed by atoms with Crippen LogP contribution in [0.2, 0.25) is 0 Å². The van der Waals surface area contributed by atoms with Crippen LogP contribution in [0, 0.1) is 0 Å². The molecule has 4 nitrogen and oxygen atoms in total. The van der Waals surface area contributed by atoms with E-state index in [1.54, 1.807) is 18.4 Å². The van der Waals surface area contributed by atoms with Crippen LogP contribution in [0.3, 0.4) is 0 Å². The molecular formula is C24H22N2O2S. The Balaban J connectivity index is 1.56. The summed E-state index contributed by atoms with van der Waals surface area (Å²) in [4.78, 5) is 14.5. The lowest BCUT2D eigenvalue weighted by Gasteiger charge is -2.29. The number of ether oxygens (including phenoxy) is 1. The van der Waals surface area contributed by atoms with Crippen LogP contribution in [0.1, 0.15) is 35.2 Å². The number of carbonyl (C=O) groups is 1. The minimum absolute atomic E-state index is 0.120. The first-order chi connectivity index (χ1) is 14.2. The van der Waals surface area contributed by atoms with Gasteiger partial charge in [0.2, 0.25) is 0 Å². The number of nitrogens with one attached hydrogen (secondary N) is 2. The van der Waals surface area contributed by atoms with E-state index in [0.717, 1.165) is 39.7 Å². The number of hydrogen-bond donors (Lipinski definition) is 2. The molecular weight excluding hydrogens is 380 g/mol. The predicted octanol–water partition coefficient (Wildman–Crippen LogP) is 5.74. The molecule has 0 bridgehead atoms. The van der Waals surface area contributed by atoms with E-state index >= 15 is 0 Å². The standard InChI is InChI=1S/C24H22N2O2S/c1-28-17-10-8-15(9-11-17)16-13-20-23(21(27)14-16)24(22-7-4-12-29-22)26-19-6-3-2-5-18(19)25-20/h2-12,16,24-26H,13-14H2,1H3/t16-,24+/m0/s1. The van der Waals surface area contributed by atoms with E-state index in [1.165, 1.54) is 5.56 Å². The number of thiophene rings is 1. The Hall–Kier alpha value is -3.05. The lowest BCUT2D eigenvalue weighted by molar-refractivity contribution is -0.116. The Kier molecular flexibility index (Phi) is 4.60. The van der Waals surface area contributed by atoms with Crippen LogP contribution in [0.15, 0.2) is 77.3 Å². The summed E-state index contributed by atoms with van der Waals surface area (Å²) >= 11 is 1.68. The molecule has 2 heterocycles. The topological polar surface area (TPSA) is 50.4 Å². The van der Waals surface area contributed by atoms with E-state index in [9.17, 15) is 4.79 Å². The zero-order chi connectivity index (χ0) is 19.8. The maximum absolute atomic E-state index is 13.4. The van der Waals surface area contributed by atoms with Crippen LogP contribution in [0.5, 0.6) is 5.75 Å². The van der Waals surface area contributed by atoms with Crippen molar-refractivity contribution < 1.29 is 9.53 Å². The molecule has 0 spiro atoms. The number of ketones is 1. The van der Waals surface area contributed by atoms with Crippen molar-refractivity contribution in [3.05, 3.63) is 87.8 Å². The zero-order valence-electron chi connectivity index (χ0n) is 16.1. The van der Waals surface area contributed by atoms with E-state index in [0.29, 0.717) is 6.42 Å². The first-order valence-corrected chi connectivity index (χ1v) is 10.7. The molecule has 1 aliphatic heterocycles. The average molecular weight is 403 g/mol. The Bertz CT molecular complexity index is 1070. The van der Waals surface area contributed by atoms with E-state index < -0.39 is 0 Å². The van der Waals surface area contributed by atoms with Crippen molar-refractivity contribution in [3.8, 4) is 5.75 Å². The zero-order valence-corrected chi connectivity index (χ0v) is 17.0. The van der Waals surface area contributed by atoms with Crippen molar-refractivity contribution >= 4 is 28.5 Å². The lowest BCUT2D eigenvalue weighted by atomic mass is 9.79. The first kappa shape index (κ1) is 18.0. The normalized spacial score (nSPS) is 20.8.